The summed E-state index contributed by atoms with van der Waals surface area (Å²) < 4.78 is 0. The second kappa shape index (κ2) is 3.58. The summed E-state index contributed by atoms with van der Waals surface area (Å²) in [5.41, 5.74) is -0.356. The molecule has 0 atom stereocenters. The molecule has 1 aromatic rings. The van der Waals surface area contributed by atoms with Gasteiger partial charge in [-0.3, -0.25) is 9.78 Å². The van der Waals surface area contributed by atoms with Crippen molar-refractivity contribution < 1.29 is 0 Å². The molecule has 0 aliphatic rings. The average Bonchev–Trinajstić information content (AvgIpc) is 2.03. The highest BCUT2D eigenvalue weighted by atomic mass is 16.2. The fourth-order valence-corrected chi connectivity index (χ4v) is 0.830. The van der Waals surface area contributed by atoms with Gasteiger partial charge in [-0.2, -0.15) is 0 Å². The molecule has 4 heteroatoms. The lowest BCUT2D eigenvalue weighted by Crippen LogP contribution is -2.24. The maximum absolute atomic E-state index is 11.0. The van der Waals surface area contributed by atoms with Gasteiger partial charge in [0.15, 0.2) is 0 Å². The van der Waals surface area contributed by atoms with Gasteiger partial charge in [0.25, 0.3) is 5.56 Å². The van der Waals surface area contributed by atoms with E-state index in [1.165, 1.54) is 6.20 Å². The number of terminal acetylenes is 1. The van der Waals surface area contributed by atoms with Crippen molar-refractivity contribution in [2.45, 2.75) is 12.8 Å². The molecule has 4 nitrogen and oxygen atoms in total. The number of aromatic nitrogens is 2. The number of H-pyrrole nitrogens is 2. The fourth-order valence-electron chi connectivity index (χ4n) is 0.830. The van der Waals surface area contributed by atoms with Gasteiger partial charge >= 0.3 is 5.69 Å². The van der Waals surface area contributed by atoms with Crippen LogP contribution >= 0.6 is 0 Å². The molecule has 1 rings (SSSR count). The van der Waals surface area contributed by atoms with Crippen molar-refractivity contribution in [1.82, 2.24) is 9.97 Å². The highest BCUT2D eigenvalue weighted by Gasteiger charge is 1.97. The van der Waals surface area contributed by atoms with Crippen molar-refractivity contribution in [2.24, 2.45) is 0 Å². The molecule has 0 spiro atoms. The summed E-state index contributed by atoms with van der Waals surface area (Å²) >= 11 is 0. The SMILES string of the molecule is C#CCCc1c[nH]c(=O)[nH]c1=O. The molecule has 1 aromatic heterocycles. The van der Waals surface area contributed by atoms with E-state index in [1.807, 2.05) is 0 Å². The molecular formula is C8H8N2O2. The number of aryl methyl sites for hydroxylation is 1. The molecule has 0 aliphatic carbocycles. The topological polar surface area (TPSA) is 65.7 Å². The monoisotopic (exact) mass is 164 g/mol. The molecule has 0 saturated heterocycles. The minimum Gasteiger partial charge on any atom is -0.314 e. The third-order valence-electron chi connectivity index (χ3n) is 1.43. The van der Waals surface area contributed by atoms with Crippen LogP contribution in [0.25, 0.3) is 0 Å². The third-order valence-corrected chi connectivity index (χ3v) is 1.43. The van der Waals surface area contributed by atoms with E-state index < -0.39 is 5.69 Å². The molecule has 0 aromatic carbocycles. The Bertz CT molecular complexity index is 408. The molecule has 62 valence electrons. The summed E-state index contributed by atoms with van der Waals surface area (Å²) in [6.07, 6.45) is 7.39. The van der Waals surface area contributed by atoms with E-state index in [1.54, 1.807) is 0 Å². The van der Waals surface area contributed by atoms with Crippen LogP contribution in [0.2, 0.25) is 0 Å². The summed E-state index contributed by atoms with van der Waals surface area (Å²) in [4.78, 5) is 26.0. The smallest absolute Gasteiger partial charge is 0.314 e. The molecule has 0 radical (unpaired) electrons. The average molecular weight is 164 g/mol. The van der Waals surface area contributed by atoms with Gasteiger partial charge in [-0.1, -0.05) is 0 Å². The first kappa shape index (κ1) is 8.34. The van der Waals surface area contributed by atoms with Crippen molar-refractivity contribution in [2.75, 3.05) is 0 Å². The van der Waals surface area contributed by atoms with Gasteiger partial charge in [-0.15, -0.1) is 12.3 Å². The second-order valence-corrected chi connectivity index (χ2v) is 2.30. The van der Waals surface area contributed by atoms with Crippen LogP contribution in [0.15, 0.2) is 15.8 Å². The quantitative estimate of drug-likeness (QED) is 0.585. The van der Waals surface area contributed by atoms with Crippen LogP contribution in [-0.4, -0.2) is 9.97 Å². The molecule has 2 N–H and O–H groups in total. The van der Waals surface area contributed by atoms with E-state index >= 15 is 0 Å². The Hall–Kier alpha value is -1.76. The van der Waals surface area contributed by atoms with E-state index in [-0.39, 0.29) is 5.56 Å². The zero-order valence-corrected chi connectivity index (χ0v) is 6.39. The van der Waals surface area contributed by atoms with Crippen molar-refractivity contribution in [1.29, 1.82) is 0 Å². The lowest BCUT2D eigenvalue weighted by molar-refractivity contribution is 0.927. The Kier molecular flexibility index (Phi) is 2.49. The Morgan fingerprint density at radius 3 is 2.83 bits per heavy atom. The van der Waals surface area contributed by atoms with E-state index in [0.717, 1.165) is 0 Å². The van der Waals surface area contributed by atoms with Gasteiger partial charge in [0.05, 0.1) is 0 Å². The minimum atomic E-state index is -0.496. The highest BCUT2D eigenvalue weighted by molar-refractivity contribution is 5.05. The van der Waals surface area contributed by atoms with Crippen LogP contribution < -0.4 is 11.2 Å². The number of rotatable bonds is 2. The summed E-state index contributed by atoms with van der Waals surface area (Å²) in [6, 6.07) is 0. The van der Waals surface area contributed by atoms with E-state index in [4.69, 9.17) is 6.42 Å². The maximum atomic E-state index is 11.0. The zero-order chi connectivity index (χ0) is 8.97. The minimum absolute atomic E-state index is 0.367. The van der Waals surface area contributed by atoms with Crippen molar-refractivity contribution in [3.8, 4) is 12.3 Å². The van der Waals surface area contributed by atoms with Crippen LogP contribution in [0.4, 0.5) is 0 Å². The number of hydrogen-bond acceptors (Lipinski definition) is 2. The summed E-state index contributed by atoms with van der Waals surface area (Å²) in [6.45, 7) is 0. The molecule has 12 heavy (non-hydrogen) atoms. The molecule has 0 bridgehead atoms. The molecule has 1 heterocycles. The van der Waals surface area contributed by atoms with Gasteiger partial charge in [0.1, 0.15) is 0 Å². The Labute approximate surface area is 68.7 Å². The van der Waals surface area contributed by atoms with Gasteiger partial charge in [0, 0.05) is 18.2 Å². The van der Waals surface area contributed by atoms with E-state index in [2.05, 4.69) is 15.9 Å². The lowest BCUT2D eigenvalue weighted by Gasteiger charge is -1.93. The second-order valence-electron chi connectivity index (χ2n) is 2.30. The van der Waals surface area contributed by atoms with E-state index in [9.17, 15) is 9.59 Å². The molecule has 0 amide bonds. The Morgan fingerprint density at radius 1 is 1.50 bits per heavy atom. The predicted molar refractivity (Wildman–Crippen MR) is 44.8 cm³/mol. The first-order valence-electron chi connectivity index (χ1n) is 3.48. The fraction of sp³-hybridized carbons (Fsp3) is 0.250. The first-order chi connectivity index (χ1) is 5.74. The summed E-state index contributed by atoms with van der Waals surface area (Å²) in [5, 5.41) is 0. The number of aromatic amines is 2. The summed E-state index contributed by atoms with van der Waals surface area (Å²) in [5.74, 6) is 2.41. The largest absolute Gasteiger partial charge is 0.325 e. The zero-order valence-electron chi connectivity index (χ0n) is 6.39. The Morgan fingerprint density at radius 2 is 2.25 bits per heavy atom. The van der Waals surface area contributed by atoms with Crippen LogP contribution in [0, 0.1) is 12.3 Å². The molecule has 0 unspecified atom stereocenters. The molecule has 0 fully saturated rings. The van der Waals surface area contributed by atoms with Gasteiger partial charge < -0.3 is 4.98 Å². The maximum Gasteiger partial charge on any atom is 0.325 e. The molecule has 0 aliphatic heterocycles. The van der Waals surface area contributed by atoms with Gasteiger partial charge in [-0.25, -0.2) is 4.79 Å². The van der Waals surface area contributed by atoms with Crippen LogP contribution in [0.1, 0.15) is 12.0 Å². The summed E-state index contributed by atoms with van der Waals surface area (Å²) in [7, 11) is 0. The van der Waals surface area contributed by atoms with Gasteiger partial charge in [0.2, 0.25) is 0 Å². The van der Waals surface area contributed by atoms with Gasteiger partial charge in [-0.05, 0) is 6.42 Å². The van der Waals surface area contributed by atoms with Crippen molar-refractivity contribution in [3.63, 3.8) is 0 Å². The van der Waals surface area contributed by atoms with E-state index in [0.29, 0.717) is 18.4 Å². The van der Waals surface area contributed by atoms with Crippen LogP contribution in [-0.2, 0) is 6.42 Å². The third kappa shape index (κ3) is 1.86. The van der Waals surface area contributed by atoms with Crippen molar-refractivity contribution >= 4 is 0 Å². The van der Waals surface area contributed by atoms with Crippen LogP contribution in [0.5, 0.6) is 0 Å². The normalized spacial score (nSPS) is 9.25. The molecular weight excluding hydrogens is 156 g/mol. The first-order valence-corrected chi connectivity index (χ1v) is 3.48. The lowest BCUT2D eigenvalue weighted by atomic mass is 10.2. The number of nitrogens with one attached hydrogen (secondary N) is 2. The standard InChI is InChI=1S/C8H8N2O2/c1-2-3-4-6-5-9-8(12)10-7(6)11/h1,5H,3-4H2,(H2,9,10,11,12). The van der Waals surface area contributed by atoms with Crippen molar-refractivity contribution in [3.05, 3.63) is 32.6 Å². The Balaban J connectivity index is 2.96. The molecule has 0 saturated carbocycles. The predicted octanol–water partition coefficient (Wildman–Crippen LogP) is -0.371. The number of hydrogen-bond donors (Lipinski definition) is 2. The van der Waals surface area contributed by atoms with Crippen LogP contribution in [0.3, 0.4) is 0 Å². The highest BCUT2D eigenvalue weighted by Crippen LogP contribution is 1.90.